The summed E-state index contributed by atoms with van der Waals surface area (Å²) in [5, 5.41) is 15.4. The Morgan fingerprint density at radius 2 is 1.87 bits per heavy atom. The Labute approximate surface area is 267 Å². The Kier molecular flexibility index (Phi) is 10.4. The molecule has 0 radical (unpaired) electrons. The first-order valence-corrected chi connectivity index (χ1v) is 17.2. The molecule has 2 aliphatic carbocycles. The minimum atomic E-state index is -4.11. The number of rotatable bonds is 16. The van der Waals surface area contributed by atoms with Crippen molar-refractivity contribution in [2.45, 2.75) is 72.3 Å². The normalized spacial score (nSPS) is 21.8. The Morgan fingerprint density at radius 1 is 1.15 bits per heavy atom. The van der Waals surface area contributed by atoms with Crippen LogP contribution in [0.15, 0.2) is 24.4 Å². The maximum atomic E-state index is 13.5. The van der Waals surface area contributed by atoms with Crippen LogP contribution in [0.2, 0.25) is 0 Å². The molecule has 46 heavy (non-hydrogen) atoms. The summed E-state index contributed by atoms with van der Waals surface area (Å²) in [6.45, 7) is 6.70. The van der Waals surface area contributed by atoms with Crippen LogP contribution in [0.3, 0.4) is 0 Å². The lowest BCUT2D eigenvalue weighted by atomic mass is 9.70. The molecule has 4 atom stereocenters. The number of hydrogen-bond donors (Lipinski definition) is 5. The lowest BCUT2D eigenvalue weighted by molar-refractivity contribution is -0.141. The number of carboxylic acids is 1. The van der Waals surface area contributed by atoms with Gasteiger partial charge in [0.25, 0.3) is 0 Å². The molecule has 0 saturated heterocycles. The second kappa shape index (κ2) is 13.6. The average Bonchev–Trinajstić information content (AvgIpc) is 3.52. The molecule has 0 spiro atoms. The zero-order valence-corrected chi connectivity index (χ0v) is 27.4. The van der Waals surface area contributed by atoms with Gasteiger partial charge in [0.2, 0.25) is 21.8 Å². The molecule has 5 N–H and O–H groups in total. The standard InChI is InChI=1S/C32H43FN4O8S/c1-18(2)23(13-28(40)34-10-8-19-15-35-24-12-21(33)5-6-22(19)24)30(43)37-25(14-29(41)42)26(38)16-36-46(44,45)17-32-9-7-20(11-27(32)39)31(32,3)4/h5-6,12,15,18,20,23,25,35-36H,7-11,13-14,16-17H2,1-4H3,(H,34,40)(H,37,43)(H,41,42). The van der Waals surface area contributed by atoms with Crippen LogP contribution in [0.1, 0.15) is 65.4 Å². The highest BCUT2D eigenvalue weighted by Crippen LogP contribution is 2.64. The van der Waals surface area contributed by atoms with Crippen LogP contribution in [0.25, 0.3) is 10.9 Å². The summed E-state index contributed by atoms with van der Waals surface area (Å²) in [5.74, 6) is -5.44. The monoisotopic (exact) mass is 662 g/mol. The van der Waals surface area contributed by atoms with Gasteiger partial charge in [0, 0.05) is 47.8 Å². The number of benzene rings is 1. The number of aromatic amines is 1. The van der Waals surface area contributed by atoms with Crippen molar-refractivity contribution in [3.05, 3.63) is 35.8 Å². The smallest absolute Gasteiger partial charge is 0.305 e. The topological polar surface area (TPSA) is 192 Å². The number of aliphatic carboxylic acids is 1. The number of fused-ring (bicyclic) bond motifs is 3. The summed E-state index contributed by atoms with van der Waals surface area (Å²) in [6.07, 6.45) is 2.71. The zero-order valence-electron chi connectivity index (χ0n) is 26.6. The van der Waals surface area contributed by atoms with Crippen LogP contribution in [-0.4, -0.2) is 72.7 Å². The van der Waals surface area contributed by atoms with Crippen molar-refractivity contribution in [1.29, 1.82) is 0 Å². The second-order valence-corrected chi connectivity index (χ2v) is 15.3. The van der Waals surface area contributed by atoms with Crippen LogP contribution in [0.5, 0.6) is 0 Å². The molecule has 2 aromatic rings. The molecule has 12 nitrogen and oxygen atoms in total. The van der Waals surface area contributed by atoms with Gasteiger partial charge in [-0.1, -0.05) is 27.7 Å². The number of hydrogen-bond acceptors (Lipinski definition) is 7. The SMILES string of the molecule is CC(C)C(CC(=O)NCCc1c[nH]c2cc(F)ccc12)C(=O)NC(CC(=O)O)C(=O)CNS(=O)(=O)CC12CCC(CC1=O)C2(C)C. The number of H-pyrrole nitrogens is 1. The molecule has 14 heteroatoms. The highest BCUT2D eigenvalue weighted by atomic mass is 32.2. The quantitative estimate of drug-likeness (QED) is 0.181. The Balaban J connectivity index is 1.33. The summed E-state index contributed by atoms with van der Waals surface area (Å²) in [6, 6.07) is 2.84. The molecule has 1 heterocycles. The van der Waals surface area contributed by atoms with E-state index in [0.29, 0.717) is 24.8 Å². The Bertz CT molecular complexity index is 1640. The molecule has 1 aromatic carbocycles. The zero-order chi connectivity index (χ0) is 34.0. The Hall–Kier alpha value is -3.65. The van der Waals surface area contributed by atoms with Gasteiger partial charge in [-0.3, -0.25) is 24.0 Å². The summed E-state index contributed by atoms with van der Waals surface area (Å²) in [7, 11) is -4.11. The van der Waals surface area contributed by atoms with E-state index in [-0.39, 0.29) is 36.4 Å². The van der Waals surface area contributed by atoms with Crippen LogP contribution in [-0.2, 0) is 40.4 Å². The third-order valence-electron chi connectivity index (χ3n) is 10.1. The van der Waals surface area contributed by atoms with Gasteiger partial charge in [0.05, 0.1) is 24.8 Å². The number of sulfonamides is 1. The largest absolute Gasteiger partial charge is 0.481 e. The second-order valence-electron chi connectivity index (χ2n) is 13.5. The van der Waals surface area contributed by atoms with E-state index < -0.39 is 75.1 Å². The molecule has 2 saturated carbocycles. The molecule has 2 fully saturated rings. The molecular formula is C32H43FN4O8S. The molecule has 1 aromatic heterocycles. The van der Waals surface area contributed by atoms with Gasteiger partial charge < -0.3 is 20.7 Å². The predicted octanol–water partition coefficient (Wildman–Crippen LogP) is 2.47. The number of nitrogens with one attached hydrogen (secondary N) is 4. The van der Waals surface area contributed by atoms with Crippen molar-refractivity contribution in [2.24, 2.45) is 28.6 Å². The van der Waals surface area contributed by atoms with Gasteiger partial charge in [-0.05, 0) is 60.3 Å². The molecule has 4 rings (SSSR count). The van der Waals surface area contributed by atoms with Gasteiger partial charge in [0.1, 0.15) is 11.6 Å². The number of halogens is 1. The fourth-order valence-electron chi connectivity index (χ4n) is 7.09. The highest BCUT2D eigenvalue weighted by Gasteiger charge is 2.65. The van der Waals surface area contributed by atoms with E-state index in [0.717, 1.165) is 17.4 Å². The van der Waals surface area contributed by atoms with Gasteiger partial charge in [-0.15, -0.1) is 0 Å². The lowest BCUT2D eigenvalue weighted by Gasteiger charge is -2.36. The average molecular weight is 663 g/mol. The fraction of sp³-hybridized carbons (Fsp3) is 0.594. The number of Topliss-reactive ketones (excluding diaryl/α,β-unsaturated/α-hetero) is 2. The number of aromatic nitrogens is 1. The fourth-order valence-corrected chi connectivity index (χ4v) is 8.88. The first kappa shape index (κ1) is 35.2. The molecule has 2 amide bonds. The third-order valence-corrected chi connectivity index (χ3v) is 11.6. The molecule has 252 valence electrons. The van der Waals surface area contributed by atoms with E-state index in [9.17, 15) is 41.9 Å². The number of ketones is 2. The number of carbonyl (C=O) groups is 5. The predicted molar refractivity (Wildman–Crippen MR) is 167 cm³/mol. The minimum Gasteiger partial charge on any atom is -0.481 e. The summed E-state index contributed by atoms with van der Waals surface area (Å²) >= 11 is 0. The van der Waals surface area contributed by atoms with Crippen molar-refractivity contribution < 1.29 is 41.9 Å². The number of carboxylic acid groups (broad SMARTS) is 1. The van der Waals surface area contributed by atoms with Gasteiger partial charge in [-0.2, -0.15) is 0 Å². The minimum absolute atomic E-state index is 0.0973. The van der Waals surface area contributed by atoms with Crippen LogP contribution in [0, 0.1) is 34.4 Å². The van der Waals surface area contributed by atoms with E-state index in [2.05, 4.69) is 20.3 Å². The lowest BCUT2D eigenvalue weighted by Crippen LogP contribution is -2.51. The highest BCUT2D eigenvalue weighted by molar-refractivity contribution is 7.89. The molecule has 4 unspecified atom stereocenters. The van der Waals surface area contributed by atoms with E-state index in [1.54, 1.807) is 26.1 Å². The summed E-state index contributed by atoms with van der Waals surface area (Å²) < 4.78 is 41.8. The molecular weight excluding hydrogens is 619 g/mol. The van der Waals surface area contributed by atoms with E-state index in [4.69, 9.17) is 0 Å². The summed E-state index contributed by atoms with van der Waals surface area (Å²) in [4.78, 5) is 66.4. The first-order chi connectivity index (χ1) is 21.5. The number of amides is 2. The molecule has 2 bridgehead atoms. The maximum Gasteiger partial charge on any atom is 0.305 e. The van der Waals surface area contributed by atoms with Crippen molar-refractivity contribution in [1.82, 2.24) is 20.3 Å². The Morgan fingerprint density at radius 3 is 2.48 bits per heavy atom. The van der Waals surface area contributed by atoms with E-state index >= 15 is 0 Å². The van der Waals surface area contributed by atoms with Gasteiger partial charge >= 0.3 is 5.97 Å². The van der Waals surface area contributed by atoms with Crippen molar-refractivity contribution in [3.8, 4) is 0 Å². The third kappa shape index (κ3) is 7.49. The van der Waals surface area contributed by atoms with Gasteiger partial charge in [-0.25, -0.2) is 17.5 Å². The van der Waals surface area contributed by atoms with Crippen molar-refractivity contribution in [3.63, 3.8) is 0 Å². The van der Waals surface area contributed by atoms with Crippen LogP contribution >= 0.6 is 0 Å². The maximum absolute atomic E-state index is 13.5. The molecule has 2 aliphatic rings. The number of carbonyl (C=O) groups excluding carboxylic acids is 4. The first-order valence-electron chi connectivity index (χ1n) is 15.5. The van der Waals surface area contributed by atoms with Crippen LogP contribution in [0.4, 0.5) is 4.39 Å². The summed E-state index contributed by atoms with van der Waals surface area (Å²) in [5.41, 5.74) is -0.0283. The van der Waals surface area contributed by atoms with Gasteiger partial charge in [0.15, 0.2) is 5.78 Å². The van der Waals surface area contributed by atoms with E-state index in [1.165, 1.54) is 12.1 Å². The van der Waals surface area contributed by atoms with Crippen molar-refractivity contribution >= 4 is 50.3 Å². The molecule has 0 aliphatic heterocycles. The van der Waals surface area contributed by atoms with Crippen molar-refractivity contribution in [2.75, 3.05) is 18.8 Å². The van der Waals surface area contributed by atoms with E-state index in [1.807, 2.05) is 13.8 Å². The van der Waals surface area contributed by atoms with Crippen LogP contribution < -0.4 is 15.4 Å².